The number of hydrogen-bond donors (Lipinski definition) is 1. The first-order valence-corrected chi connectivity index (χ1v) is 8.39. The summed E-state index contributed by atoms with van der Waals surface area (Å²) in [6.45, 7) is 2.30. The minimum atomic E-state index is -3.96. The van der Waals surface area contributed by atoms with E-state index in [0.717, 1.165) is 6.07 Å². The topological polar surface area (TPSA) is 85.6 Å². The highest BCUT2D eigenvalue weighted by Crippen LogP contribution is 2.28. The monoisotopic (exact) mass is 373 g/mol. The van der Waals surface area contributed by atoms with Crippen molar-refractivity contribution in [1.29, 1.82) is 0 Å². The van der Waals surface area contributed by atoms with Crippen LogP contribution in [-0.4, -0.2) is 34.1 Å². The van der Waals surface area contributed by atoms with Crippen LogP contribution in [0.15, 0.2) is 20.0 Å². The van der Waals surface area contributed by atoms with Gasteiger partial charge in [0, 0.05) is 36.5 Å². The lowest BCUT2D eigenvalue weighted by Crippen LogP contribution is -2.33. The third-order valence-electron chi connectivity index (χ3n) is 2.27. The number of halogens is 2. The van der Waals surface area contributed by atoms with E-state index in [2.05, 4.69) is 21.2 Å². The molecule has 0 aliphatic carbocycles. The van der Waals surface area contributed by atoms with Gasteiger partial charge in [-0.05, 0) is 29.3 Å². The van der Waals surface area contributed by atoms with Gasteiger partial charge in [-0.25, -0.2) is 8.42 Å². The smallest absolute Gasteiger partial charge is 0.287 e. The molecule has 0 aliphatic heterocycles. The summed E-state index contributed by atoms with van der Waals surface area (Å²) in [5.74, 6) is -0.647. The number of methoxy groups -OCH3 is 1. The predicted molar refractivity (Wildman–Crippen MR) is 72.9 cm³/mol. The molecule has 6 nitrogen and oxygen atoms in total. The lowest BCUT2D eigenvalue weighted by molar-refractivity contribution is 0.0900. The maximum atomic E-state index is 11.8. The zero-order valence-electron chi connectivity index (χ0n) is 10.3. The van der Waals surface area contributed by atoms with Crippen molar-refractivity contribution in [3.05, 3.63) is 16.5 Å². The Hall–Kier alpha value is -0.570. The van der Waals surface area contributed by atoms with Crippen LogP contribution in [0.5, 0.6) is 0 Å². The molecule has 0 aliphatic rings. The molecule has 108 valence electrons. The van der Waals surface area contributed by atoms with Crippen LogP contribution in [0.4, 0.5) is 0 Å². The average Bonchev–Trinajstić information content (AvgIpc) is 2.68. The summed E-state index contributed by atoms with van der Waals surface area (Å²) in [7, 11) is 2.80. The molecular weight excluding hydrogens is 362 g/mol. The summed E-state index contributed by atoms with van der Waals surface area (Å²) >= 11 is 2.90. The van der Waals surface area contributed by atoms with Crippen molar-refractivity contribution in [3.63, 3.8) is 0 Å². The van der Waals surface area contributed by atoms with E-state index in [9.17, 15) is 13.2 Å². The fraction of sp³-hybridized carbons (Fsp3) is 0.500. The zero-order valence-corrected chi connectivity index (χ0v) is 13.4. The van der Waals surface area contributed by atoms with Gasteiger partial charge in [0.05, 0.1) is 0 Å². The van der Waals surface area contributed by atoms with Gasteiger partial charge in [-0.3, -0.25) is 4.79 Å². The summed E-state index contributed by atoms with van der Waals surface area (Å²) in [6, 6.07) is 0.942. The Bertz CT molecular complexity index is 556. The standard InChI is InChI=1S/C10H13BrClNO5S/c1-6(3-4-17-2)13-10(14)7-5-8(9(11)18-7)19(12,15)16/h5-6H,3-4H2,1-2H3,(H,13,14). The minimum absolute atomic E-state index is 0.0998. The average molecular weight is 375 g/mol. The normalized spacial score (nSPS) is 13.3. The SMILES string of the molecule is COCCC(C)NC(=O)c1cc(S(=O)(=O)Cl)c(Br)o1. The Morgan fingerprint density at radius 1 is 1.63 bits per heavy atom. The highest BCUT2D eigenvalue weighted by Gasteiger charge is 2.23. The molecule has 0 saturated heterocycles. The number of nitrogens with one attached hydrogen (secondary N) is 1. The lowest BCUT2D eigenvalue weighted by atomic mass is 10.2. The molecule has 1 aromatic heterocycles. The number of amides is 1. The third-order valence-corrected chi connectivity index (χ3v) is 4.45. The number of furan rings is 1. The van der Waals surface area contributed by atoms with Crippen LogP contribution in [0.25, 0.3) is 0 Å². The highest BCUT2D eigenvalue weighted by molar-refractivity contribution is 9.10. The molecule has 1 rings (SSSR count). The van der Waals surface area contributed by atoms with Gasteiger partial charge in [0.25, 0.3) is 15.0 Å². The second kappa shape index (κ2) is 6.74. The first-order valence-electron chi connectivity index (χ1n) is 5.29. The molecule has 0 saturated carbocycles. The van der Waals surface area contributed by atoms with E-state index in [1.54, 1.807) is 14.0 Å². The maximum Gasteiger partial charge on any atom is 0.287 e. The quantitative estimate of drug-likeness (QED) is 0.771. The van der Waals surface area contributed by atoms with Crippen molar-refractivity contribution in [1.82, 2.24) is 5.32 Å². The zero-order chi connectivity index (χ0) is 14.6. The number of hydrogen-bond acceptors (Lipinski definition) is 5. The molecule has 0 fully saturated rings. The van der Waals surface area contributed by atoms with E-state index >= 15 is 0 Å². The Kier molecular flexibility index (Phi) is 5.84. The van der Waals surface area contributed by atoms with Gasteiger partial charge in [0.15, 0.2) is 10.4 Å². The van der Waals surface area contributed by atoms with Crippen LogP contribution in [0.1, 0.15) is 23.9 Å². The van der Waals surface area contributed by atoms with Crippen molar-refractivity contribution in [2.75, 3.05) is 13.7 Å². The molecule has 0 radical (unpaired) electrons. The largest absolute Gasteiger partial charge is 0.443 e. The molecule has 1 unspecified atom stereocenters. The molecule has 0 aromatic carbocycles. The maximum absolute atomic E-state index is 11.8. The van der Waals surface area contributed by atoms with E-state index < -0.39 is 15.0 Å². The Labute approximate surface area is 124 Å². The van der Waals surface area contributed by atoms with Crippen LogP contribution < -0.4 is 5.32 Å². The van der Waals surface area contributed by atoms with Crippen molar-refractivity contribution in [2.24, 2.45) is 0 Å². The second-order valence-electron chi connectivity index (χ2n) is 3.84. The van der Waals surface area contributed by atoms with Gasteiger partial charge in [0.2, 0.25) is 0 Å². The molecule has 19 heavy (non-hydrogen) atoms. The first-order chi connectivity index (χ1) is 8.75. The van der Waals surface area contributed by atoms with Gasteiger partial charge in [0.1, 0.15) is 4.90 Å². The first kappa shape index (κ1) is 16.5. The predicted octanol–water partition coefficient (Wildman–Crippen LogP) is 2.12. The van der Waals surface area contributed by atoms with E-state index in [4.69, 9.17) is 19.8 Å². The Morgan fingerprint density at radius 2 is 2.26 bits per heavy atom. The van der Waals surface area contributed by atoms with Crippen molar-refractivity contribution in [3.8, 4) is 0 Å². The molecule has 1 heterocycles. The van der Waals surface area contributed by atoms with Crippen LogP contribution >= 0.6 is 26.6 Å². The van der Waals surface area contributed by atoms with Gasteiger partial charge in [-0.2, -0.15) is 0 Å². The molecule has 0 spiro atoms. The highest BCUT2D eigenvalue weighted by atomic mass is 79.9. The Balaban J connectivity index is 2.79. The summed E-state index contributed by atoms with van der Waals surface area (Å²) < 4.78 is 32.2. The third kappa shape index (κ3) is 4.79. The summed E-state index contributed by atoms with van der Waals surface area (Å²) in [4.78, 5) is 11.5. The summed E-state index contributed by atoms with van der Waals surface area (Å²) in [6.07, 6.45) is 0.630. The fourth-order valence-electron chi connectivity index (χ4n) is 1.29. The number of rotatable bonds is 6. The molecule has 1 aromatic rings. The fourth-order valence-corrected chi connectivity index (χ4v) is 3.32. The second-order valence-corrected chi connectivity index (χ2v) is 7.10. The summed E-state index contributed by atoms with van der Waals surface area (Å²) in [5, 5.41) is 2.65. The van der Waals surface area contributed by atoms with Crippen molar-refractivity contribution in [2.45, 2.75) is 24.3 Å². The molecule has 1 atom stereocenters. The van der Waals surface area contributed by atoms with Crippen molar-refractivity contribution >= 4 is 41.6 Å². The number of carbonyl (C=O) groups is 1. The van der Waals surface area contributed by atoms with Gasteiger partial charge in [-0.15, -0.1) is 0 Å². The van der Waals surface area contributed by atoms with Gasteiger partial charge < -0.3 is 14.5 Å². The number of ether oxygens (including phenoxy) is 1. The van der Waals surface area contributed by atoms with E-state index in [1.165, 1.54) is 0 Å². The summed E-state index contributed by atoms with van der Waals surface area (Å²) in [5.41, 5.74) is 0. The van der Waals surface area contributed by atoms with Crippen LogP contribution in [0, 0.1) is 0 Å². The van der Waals surface area contributed by atoms with E-state index in [0.29, 0.717) is 13.0 Å². The molecule has 0 bridgehead atoms. The van der Waals surface area contributed by atoms with Crippen molar-refractivity contribution < 1.29 is 22.4 Å². The van der Waals surface area contributed by atoms with Crippen LogP contribution in [-0.2, 0) is 13.8 Å². The lowest BCUT2D eigenvalue weighted by Gasteiger charge is -2.11. The molecule has 1 amide bonds. The Morgan fingerprint density at radius 3 is 2.74 bits per heavy atom. The van der Waals surface area contributed by atoms with Crippen LogP contribution in [0.3, 0.4) is 0 Å². The van der Waals surface area contributed by atoms with E-state index in [1.807, 2.05) is 0 Å². The van der Waals surface area contributed by atoms with E-state index in [-0.39, 0.29) is 21.4 Å². The van der Waals surface area contributed by atoms with Crippen LogP contribution in [0.2, 0.25) is 0 Å². The molecule has 9 heteroatoms. The molecule has 1 N–H and O–H groups in total. The minimum Gasteiger partial charge on any atom is -0.443 e. The molecular formula is C10H13BrClNO5S. The van der Waals surface area contributed by atoms with Gasteiger partial charge >= 0.3 is 0 Å². The number of carbonyl (C=O) groups excluding carboxylic acids is 1. The van der Waals surface area contributed by atoms with Gasteiger partial charge in [-0.1, -0.05) is 0 Å².